The van der Waals surface area contributed by atoms with E-state index in [0.717, 1.165) is 0 Å². The summed E-state index contributed by atoms with van der Waals surface area (Å²) in [5.41, 5.74) is 0.241. The Morgan fingerprint density at radius 3 is 2.11 bits per heavy atom. The molecule has 0 fully saturated rings. The highest BCUT2D eigenvalue weighted by atomic mass is 16.5. The fourth-order valence-electron chi connectivity index (χ4n) is 1.17. The summed E-state index contributed by atoms with van der Waals surface area (Å²) in [7, 11) is 2.82. The predicted molar refractivity (Wildman–Crippen MR) is 75.4 cm³/mol. The van der Waals surface area contributed by atoms with Gasteiger partial charge in [-0.05, 0) is 24.5 Å². The van der Waals surface area contributed by atoms with Crippen molar-refractivity contribution >= 4 is 5.97 Å². The molecule has 0 saturated heterocycles. The maximum Gasteiger partial charge on any atom is 0.337 e. The fraction of sp³-hybridized carbons (Fsp3) is 0.533. The van der Waals surface area contributed by atoms with Gasteiger partial charge in [0.25, 0.3) is 0 Å². The lowest BCUT2D eigenvalue weighted by Crippen LogP contribution is -2.15. The fourth-order valence-corrected chi connectivity index (χ4v) is 1.17. The largest absolute Gasteiger partial charge is 0.493 e. The number of carbonyl (C=O) groups excluding carboxylic acids is 1. The first-order valence-electron chi connectivity index (χ1n) is 6.07. The van der Waals surface area contributed by atoms with Crippen molar-refractivity contribution < 1.29 is 19.0 Å². The lowest BCUT2D eigenvalue weighted by atomic mass is 9.99. The summed E-state index contributed by atoms with van der Waals surface area (Å²) in [6.45, 7) is 12.2. The molecule has 0 rings (SSSR count). The second-order valence-corrected chi connectivity index (χ2v) is 5.23. The standard InChI is InChI=1S/C15H24O4/c1-8-12(19-10-15(3,4)5)13(17-6)9-11(2)14(16)18-7/h8-9H,2,10H2,1,3-7H3/b12-8+,13-9+. The molecule has 0 aliphatic carbocycles. The second kappa shape index (κ2) is 7.67. The van der Waals surface area contributed by atoms with Crippen LogP contribution in [0.4, 0.5) is 0 Å². The van der Waals surface area contributed by atoms with Crippen LogP contribution in [-0.2, 0) is 19.0 Å². The Bertz CT molecular complexity index is 383. The molecule has 0 aliphatic heterocycles. The minimum absolute atomic E-state index is 0.0342. The third-order valence-electron chi connectivity index (χ3n) is 2.14. The van der Waals surface area contributed by atoms with Crippen LogP contribution in [0, 0.1) is 5.41 Å². The van der Waals surface area contributed by atoms with Crippen molar-refractivity contribution in [3.63, 3.8) is 0 Å². The molecule has 0 atom stereocenters. The van der Waals surface area contributed by atoms with E-state index in [1.165, 1.54) is 20.3 Å². The van der Waals surface area contributed by atoms with Crippen LogP contribution >= 0.6 is 0 Å². The smallest absolute Gasteiger partial charge is 0.337 e. The highest BCUT2D eigenvalue weighted by Gasteiger charge is 2.15. The van der Waals surface area contributed by atoms with Gasteiger partial charge < -0.3 is 14.2 Å². The van der Waals surface area contributed by atoms with Gasteiger partial charge >= 0.3 is 5.97 Å². The first-order valence-corrected chi connectivity index (χ1v) is 6.07. The van der Waals surface area contributed by atoms with Crippen molar-refractivity contribution in [2.45, 2.75) is 27.7 Å². The predicted octanol–water partition coefficient (Wildman–Crippen LogP) is 3.21. The van der Waals surface area contributed by atoms with E-state index in [-0.39, 0.29) is 11.0 Å². The van der Waals surface area contributed by atoms with E-state index in [2.05, 4.69) is 32.1 Å². The van der Waals surface area contributed by atoms with Crippen molar-refractivity contribution in [3.8, 4) is 0 Å². The Hall–Kier alpha value is -1.71. The molecule has 19 heavy (non-hydrogen) atoms. The van der Waals surface area contributed by atoms with Crippen LogP contribution in [0.15, 0.2) is 35.8 Å². The Kier molecular flexibility index (Phi) is 6.98. The molecule has 0 saturated carbocycles. The number of carbonyl (C=O) groups is 1. The first kappa shape index (κ1) is 17.3. The van der Waals surface area contributed by atoms with Gasteiger partial charge in [-0.3, -0.25) is 0 Å². The molecule has 4 heteroatoms. The van der Waals surface area contributed by atoms with E-state index in [4.69, 9.17) is 9.47 Å². The lowest BCUT2D eigenvalue weighted by Gasteiger charge is -2.21. The molecule has 0 aliphatic rings. The van der Waals surface area contributed by atoms with Gasteiger partial charge in [-0.15, -0.1) is 0 Å². The average Bonchev–Trinajstić information content (AvgIpc) is 2.35. The normalized spacial score (nSPS) is 12.9. The van der Waals surface area contributed by atoms with Crippen molar-refractivity contribution in [3.05, 3.63) is 35.8 Å². The molecular weight excluding hydrogens is 244 g/mol. The van der Waals surface area contributed by atoms with Gasteiger partial charge in [0.1, 0.15) is 0 Å². The van der Waals surface area contributed by atoms with E-state index in [1.54, 1.807) is 6.08 Å². The molecular formula is C15H24O4. The molecule has 0 bridgehead atoms. The summed E-state index contributed by atoms with van der Waals surface area (Å²) in [5.74, 6) is 0.519. The van der Waals surface area contributed by atoms with Gasteiger partial charge in [0.2, 0.25) is 0 Å². The number of allylic oxidation sites excluding steroid dienone is 1. The number of methoxy groups -OCH3 is 2. The summed E-state index contributed by atoms with van der Waals surface area (Å²) < 4.78 is 15.5. The molecule has 0 N–H and O–H groups in total. The van der Waals surface area contributed by atoms with Gasteiger partial charge in [0.05, 0.1) is 26.4 Å². The van der Waals surface area contributed by atoms with Crippen molar-refractivity contribution in [2.24, 2.45) is 5.41 Å². The van der Waals surface area contributed by atoms with Gasteiger partial charge in [-0.2, -0.15) is 0 Å². The minimum Gasteiger partial charge on any atom is -0.493 e. The Labute approximate surface area is 115 Å². The highest BCUT2D eigenvalue weighted by molar-refractivity contribution is 5.90. The number of hydrogen-bond donors (Lipinski definition) is 0. The zero-order chi connectivity index (χ0) is 15.1. The minimum atomic E-state index is -0.499. The number of rotatable bonds is 6. The van der Waals surface area contributed by atoms with Crippen LogP contribution in [0.5, 0.6) is 0 Å². The Morgan fingerprint density at radius 2 is 1.74 bits per heavy atom. The van der Waals surface area contributed by atoms with E-state index < -0.39 is 5.97 Å². The van der Waals surface area contributed by atoms with E-state index >= 15 is 0 Å². The maximum atomic E-state index is 11.3. The SMILES string of the molecule is C=C(/C=C(OC)\C(=C/C)OCC(C)(C)C)C(=O)OC. The molecule has 0 aromatic heterocycles. The van der Waals surface area contributed by atoms with Crippen LogP contribution in [0.25, 0.3) is 0 Å². The third kappa shape index (κ3) is 6.70. The van der Waals surface area contributed by atoms with Gasteiger partial charge in [0, 0.05) is 0 Å². The van der Waals surface area contributed by atoms with Gasteiger partial charge in [0.15, 0.2) is 11.5 Å². The van der Waals surface area contributed by atoms with E-state index in [0.29, 0.717) is 18.1 Å². The molecule has 0 aromatic rings. The van der Waals surface area contributed by atoms with Crippen LogP contribution in [-0.4, -0.2) is 26.8 Å². The van der Waals surface area contributed by atoms with Gasteiger partial charge in [-0.25, -0.2) is 4.79 Å². The molecule has 0 aromatic carbocycles. The van der Waals surface area contributed by atoms with Crippen LogP contribution in [0.2, 0.25) is 0 Å². The average molecular weight is 268 g/mol. The van der Waals surface area contributed by atoms with Gasteiger partial charge in [-0.1, -0.05) is 27.4 Å². The zero-order valence-electron chi connectivity index (χ0n) is 12.7. The van der Waals surface area contributed by atoms with Crippen molar-refractivity contribution in [2.75, 3.05) is 20.8 Å². The summed E-state index contributed by atoms with van der Waals surface area (Å²) in [6.07, 6.45) is 3.29. The molecule has 0 amide bonds. The molecule has 4 nitrogen and oxygen atoms in total. The molecule has 0 spiro atoms. The highest BCUT2D eigenvalue weighted by Crippen LogP contribution is 2.20. The Morgan fingerprint density at radius 1 is 1.16 bits per heavy atom. The quantitative estimate of drug-likeness (QED) is 0.321. The summed E-state index contributed by atoms with van der Waals surface area (Å²) >= 11 is 0. The number of esters is 1. The topological polar surface area (TPSA) is 44.8 Å². The molecule has 0 radical (unpaired) electrons. The maximum absolute atomic E-state index is 11.3. The number of ether oxygens (including phenoxy) is 3. The summed E-state index contributed by atoms with van der Waals surface area (Å²) in [5, 5.41) is 0. The molecule has 108 valence electrons. The lowest BCUT2D eigenvalue weighted by molar-refractivity contribution is -0.135. The summed E-state index contributed by atoms with van der Waals surface area (Å²) in [4.78, 5) is 11.3. The van der Waals surface area contributed by atoms with Crippen molar-refractivity contribution in [1.29, 1.82) is 0 Å². The summed E-state index contributed by atoms with van der Waals surface area (Å²) in [6, 6.07) is 0. The Balaban J connectivity index is 4.95. The monoisotopic (exact) mass is 268 g/mol. The third-order valence-corrected chi connectivity index (χ3v) is 2.14. The molecule has 0 unspecified atom stereocenters. The van der Waals surface area contributed by atoms with Crippen molar-refractivity contribution in [1.82, 2.24) is 0 Å². The first-order chi connectivity index (χ1) is 8.75. The van der Waals surface area contributed by atoms with Crippen LogP contribution < -0.4 is 0 Å². The number of hydrogen-bond acceptors (Lipinski definition) is 4. The zero-order valence-corrected chi connectivity index (χ0v) is 12.7. The van der Waals surface area contributed by atoms with Crippen LogP contribution in [0.1, 0.15) is 27.7 Å². The second-order valence-electron chi connectivity index (χ2n) is 5.23. The van der Waals surface area contributed by atoms with Crippen LogP contribution in [0.3, 0.4) is 0 Å². The van der Waals surface area contributed by atoms with E-state index in [1.807, 2.05) is 6.92 Å². The van der Waals surface area contributed by atoms with E-state index in [9.17, 15) is 4.79 Å². The molecule has 0 heterocycles.